The number of anilines is 2. The number of amides is 1. The van der Waals surface area contributed by atoms with Crippen LogP contribution < -0.4 is 10.6 Å². The van der Waals surface area contributed by atoms with E-state index in [1.54, 1.807) is 0 Å². The van der Waals surface area contributed by atoms with Crippen molar-refractivity contribution in [2.75, 3.05) is 43.4 Å². The maximum atomic E-state index is 13.1. The molecule has 1 aliphatic heterocycles. The number of thiocarbonyl (C=S) groups is 1. The van der Waals surface area contributed by atoms with Gasteiger partial charge in [-0.3, -0.25) is 9.69 Å². The molecule has 3 rings (SSSR count). The van der Waals surface area contributed by atoms with E-state index in [1.165, 1.54) is 6.07 Å². The summed E-state index contributed by atoms with van der Waals surface area (Å²) in [6.07, 6.45) is -2.04. The van der Waals surface area contributed by atoms with E-state index in [0.29, 0.717) is 31.3 Å². The number of para-hydroxylation sites is 1. The van der Waals surface area contributed by atoms with Crippen molar-refractivity contribution in [3.63, 3.8) is 0 Å². The summed E-state index contributed by atoms with van der Waals surface area (Å²) in [5, 5.41) is 6.43. The van der Waals surface area contributed by atoms with Gasteiger partial charge in [-0.15, -0.1) is 0 Å². The Balaban J connectivity index is 1.58. The molecule has 2 N–H and O–H groups in total. The van der Waals surface area contributed by atoms with Crippen LogP contribution >= 0.6 is 23.8 Å². The number of nitrogens with one attached hydrogen (secondary N) is 2. The van der Waals surface area contributed by atoms with E-state index in [4.69, 9.17) is 23.8 Å². The quantitative estimate of drug-likeness (QED) is 0.464. The predicted molar refractivity (Wildman–Crippen MR) is 139 cm³/mol. The molecule has 1 heterocycles. The number of rotatable bonds is 6. The van der Waals surface area contributed by atoms with Crippen molar-refractivity contribution in [1.29, 1.82) is 0 Å². The highest BCUT2D eigenvalue weighted by molar-refractivity contribution is 7.80. The Morgan fingerprint density at radius 2 is 1.71 bits per heavy atom. The van der Waals surface area contributed by atoms with Crippen molar-refractivity contribution < 1.29 is 18.0 Å². The summed E-state index contributed by atoms with van der Waals surface area (Å²) in [4.78, 5) is 16.8. The summed E-state index contributed by atoms with van der Waals surface area (Å²) >= 11 is 11.5. The highest BCUT2D eigenvalue weighted by Gasteiger charge is 2.31. The summed E-state index contributed by atoms with van der Waals surface area (Å²) in [5.41, 5.74) is 2.46. The average Bonchev–Trinajstić information content (AvgIpc) is 3.05. The summed E-state index contributed by atoms with van der Waals surface area (Å²) in [5.74, 6) is -0.0644. The summed E-state index contributed by atoms with van der Waals surface area (Å²) in [7, 11) is 0. The fourth-order valence-electron chi connectivity index (χ4n) is 4.11. The minimum Gasteiger partial charge on any atom is -0.348 e. The molecule has 0 spiro atoms. The molecule has 0 saturated carbocycles. The maximum absolute atomic E-state index is 13.1. The van der Waals surface area contributed by atoms with Crippen LogP contribution in [0.4, 0.5) is 24.5 Å². The first kappa shape index (κ1) is 27.2. The minimum atomic E-state index is -4.47. The Labute approximate surface area is 214 Å². The van der Waals surface area contributed by atoms with Crippen molar-refractivity contribution in [3.8, 4) is 0 Å². The molecule has 190 valence electrons. The standard InChI is InChI=1S/C25H30ClF3N4OS/c1-3-17-7-5-8-18(4-2)23(17)31-22(34)16-32-11-6-12-33(14-13-32)24(35)30-21-15-19(25(27,28)29)9-10-20(21)26/h5,7-10,15H,3-4,6,11-14,16H2,1-2H3,(H,30,35)(H,31,34). The van der Waals surface area contributed by atoms with Crippen LogP contribution in [0.5, 0.6) is 0 Å². The molecule has 2 aromatic carbocycles. The largest absolute Gasteiger partial charge is 0.416 e. The Hall–Kier alpha value is -2.36. The molecule has 1 aliphatic rings. The van der Waals surface area contributed by atoms with E-state index in [-0.39, 0.29) is 23.2 Å². The Morgan fingerprint density at radius 3 is 2.34 bits per heavy atom. The lowest BCUT2D eigenvalue weighted by atomic mass is 10.0. The number of carbonyl (C=O) groups is 1. The molecule has 0 radical (unpaired) electrons. The Bertz CT molecular complexity index is 1040. The van der Waals surface area contributed by atoms with Gasteiger partial charge in [0, 0.05) is 31.9 Å². The molecule has 5 nitrogen and oxygen atoms in total. The topological polar surface area (TPSA) is 47.6 Å². The van der Waals surface area contributed by atoms with Crippen molar-refractivity contribution in [2.45, 2.75) is 39.3 Å². The van der Waals surface area contributed by atoms with Gasteiger partial charge in [0.2, 0.25) is 5.91 Å². The van der Waals surface area contributed by atoms with Crippen LogP contribution in [0.2, 0.25) is 5.02 Å². The molecule has 0 aromatic heterocycles. The van der Waals surface area contributed by atoms with Gasteiger partial charge >= 0.3 is 6.18 Å². The second-order valence-electron chi connectivity index (χ2n) is 8.45. The highest BCUT2D eigenvalue weighted by atomic mass is 35.5. The summed E-state index contributed by atoms with van der Waals surface area (Å²) < 4.78 is 39.2. The zero-order valence-corrected chi connectivity index (χ0v) is 21.4. The first-order chi connectivity index (χ1) is 16.6. The Morgan fingerprint density at radius 1 is 1.03 bits per heavy atom. The molecule has 0 bridgehead atoms. The second-order valence-corrected chi connectivity index (χ2v) is 9.24. The van der Waals surface area contributed by atoms with E-state index in [1.807, 2.05) is 23.1 Å². The lowest BCUT2D eigenvalue weighted by Crippen LogP contribution is -2.39. The monoisotopic (exact) mass is 526 g/mol. The number of halogens is 4. The number of hydrogen-bond donors (Lipinski definition) is 2. The minimum absolute atomic E-state index is 0.0644. The lowest BCUT2D eigenvalue weighted by Gasteiger charge is -2.25. The average molecular weight is 527 g/mol. The molecule has 0 aliphatic carbocycles. The number of nitrogens with zero attached hydrogens (tertiary/aromatic N) is 2. The van der Waals surface area contributed by atoms with Crippen LogP contribution in [0.3, 0.4) is 0 Å². The van der Waals surface area contributed by atoms with Gasteiger partial charge in [-0.05, 0) is 60.8 Å². The number of aryl methyl sites for hydroxylation is 2. The van der Waals surface area contributed by atoms with Gasteiger partial charge < -0.3 is 15.5 Å². The fourth-order valence-corrected chi connectivity index (χ4v) is 4.57. The molecule has 1 fully saturated rings. The third-order valence-electron chi connectivity index (χ3n) is 6.04. The number of carbonyl (C=O) groups excluding carboxylic acids is 1. The normalized spacial score (nSPS) is 15.0. The molecule has 0 atom stereocenters. The van der Waals surface area contributed by atoms with Crippen molar-refractivity contribution in [1.82, 2.24) is 9.80 Å². The van der Waals surface area contributed by atoms with E-state index in [0.717, 1.165) is 48.2 Å². The predicted octanol–water partition coefficient (Wildman–Crippen LogP) is 5.83. The van der Waals surface area contributed by atoms with Gasteiger partial charge in [0.25, 0.3) is 0 Å². The van der Waals surface area contributed by atoms with Gasteiger partial charge in [-0.25, -0.2) is 0 Å². The highest BCUT2D eigenvalue weighted by Crippen LogP contribution is 2.34. The van der Waals surface area contributed by atoms with E-state index in [2.05, 4.69) is 29.4 Å². The maximum Gasteiger partial charge on any atom is 0.416 e. The first-order valence-corrected chi connectivity index (χ1v) is 12.5. The van der Waals surface area contributed by atoms with E-state index >= 15 is 0 Å². The summed E-state index contributed by atoms with van der Waals surface area (Å²) in [6, 6.07) is 9.18. The van der Waals surface area contributed by atoms with Crippen LogP contribution in [-0.2, 0) is 23.8 Å². The van der Waals surface area contributed by atoms with E-state index in [9.17, 15) is 18.0 Å². The lowest BCUT2D eigenvalue weighted by molar-refractivity contribution is -0.137. The fraction of sp³-hybridized carbons (Fsp3) is 0.440. The van der Waals surface area contributed by atoms with Crippen molar-refractivity contribution in [3.05, 3.63) is 58.1 Å². The zero-order chi connectivity index (χ0) is 25.6. The third kappa shape index (κ3) is 7.32. The first-order valence-electron chi connectivity index (χ1n) is 11.7. The third-order valence-corrected chi connectivity index (χ3v) is 6.73. The van der Waals surface area contributed by atoms with Crippen LogP contribution in [-0.4, -0.2) is 53.5 Å². The molecule has 1 saturated heterocycles. The van der Waals surface area contributed by atoms with Crippen molar-refractivity contribution >= 4 is 46.2 Å². The molecule has 1 amide bonds. The van der Waals surface area contributed by atoms with Crippen LogP contribution in [0, 0.1) is 0 Å². The van der Waals surface area contributed by atoms with Crippen LogP contribution in [0.1, 0.15) is 37.0 Å². The Kier molecular flexibility index (Phi) is 9.38. The number of benzene rings is 2. The molecule has 2 aromatic rings. The van der Waals surface area contributed by atoms with Gasteiger partial charge in [-0.1, -0.05) is 43.6 Å². The van der Waals surface area contributed by atoms with Gasteiger partial charge in [-0.2, -0.15) is 13.2 Å². The van der Waals surface area contributed by atoms with Gasteiger partial charge in [0.1, 0.15) is 0 Å². The smallest absolute Gasteiger partial charge is 0.348 e. The number of hydrogen-bond acceptors (Lipinski definition) is 3. The molecular weight excluding hydrogens is 497 g/mol. The summed E-state index contributed by atoms with van der Waals surface area (Å²) in [6.45, 7) is 6.87. The zero-order valence-electron chi connectivity index (χ0n) is 19.8. The molecular formula is C25H30ClF3N4OS. The van der Waals surface area contributed by atoms with Crippen molar-refractivity contribution in [2.24, 2.45) is 0 Å². The number of alkyl halides is 3. The van der Waals surface area contributed by atoms with Crippen LogP contribution in [0.15, 0.2) is 36.4 Å². The van der Waals surface area contributed by atoms with Gasteiger partial charge in [0.05, 0.1) is 22.8 Å². The second kappa shape index (κ2) is 12.1. The molecule has 10 heteroatoms. The molecule has 35 heavy (non-hydrogen) atoms. The van der Waals surface area contributed by atoms with Gasteiger partial charge in [0.15, 0.2) is 5.11 Å². The SMILES string of the molecule is CCc1cccc(CC)c1NC(=O)CN1CCCN(C(=S)Nc2cc(C(F)(F)F)ccc2Cl)CC1. The molecule has 0 unspecified atom stereocenters. The van der Waals surface area contributed by atoms with E-state index < -0.39 is 11.7 Å². The van der Waals surface area contributed by atoms with Crippen LogP contribution in [0.25, 0.3) is 0 Å².